The minimum atomic E-state index is -0.752. The van der Waals surface area contributed by atoms with E-state index in [2.05, 4.69) is 0 Å². The molecule has 1 N–H and O–H groups in total. The molecule has 0 aromatic heterocycles. The monoisotopic (exact) mass is 214 g/mol. The Morgan fingerprint density at radius 1 is 1.27 bits per heavy atom. The van der Waals surface area contributed by atoms with Gasteiger partial charge >= 0.3 is 5.97 Å². The van der Waals surface area contributed by atoms with Crippen LogP contribution in [0.25, 0.3) is 0 Å². The molecule has 6 atom stereocenters. The maximum absolute atomic E-state index is 11.3. The third-order valence-corrected chi connectivity index (χ3v) is 3.16. The second kappa shape index (κ2) is 3.17. The van der Waals surface area contributed by atoms with Crippen LogP contribution in [-0.2, 0) is 19.0 Å². The smallest absolute Gasteiger partial charge is 0.308 e. The Morgan fingerprint density at radius 3 is 2.87 bits per heavy atom. The van der Waals surface area contributed by atoms with Gasteiger partial charge in [0.15, 0.2) is 0 Å². The number of carbonyl (C=O) groups excluding carboxylic acids is 1. The number of hydrogen-bond donors (Lipinski definition) is 1. The van der Waals surface area contributed by atoms with Crippen LogP contribution in [0.1, 0.15) is 19.8 Å². The molecule has 3 heterocycles. The number of fused-ring (bicyclic) bond motifs is 3. The number of esters is 1. The highest BCUT2D eigenvalue weighted by molar-refractivity contribution is 5.70. The van der Waals surface area contributed by atoms with Crippen LogP contribution < -0.4 is 0 Å². The van der Waals surface area contributed by atoms with Crippen LogP contribution in [0, 0.1) is 0 Å². The van der Waals surface area contributed by atoms with Crippen molar-refractivity contribution in [3.63, 3.8) is 0 Å². The molecule has 0 bridgehead atoms. The number of ether oxygens (including phenoxy) is 3. The van der Waals surface area contributed by atoms with Gasteiger partial charge in [-0.1, -0.05) is 0 Å². The van der Waals surface area contributed by atoms with Crippen molar-refractivity contribution in [3.05, 3.63) is 0 Å². The minimum absolute atomic E-state index is 0.0110. The Balaban J connectivity index is 1.70. The van der Waals surface area contributed by atoms with Gasteiger partial charge in [-0.25, -0.2) is 0 Å². The lowest BCUT2D eigenvalue weighted by atomic mass is 10.0. The quantitative estimate of drug-likeness (QED) is 0.439. The Kier molecular flexibility index (Phi) is 2.02. The molecule has 3 rings (SSSR count). The van der Waals surface area contributed by atoms with Crippen molar-refractivity contribution < 1.29 is 24.1 Å². The minimum Gasteiger partial charge on any atom is -0.462 e. The molecule has 3 saturated heterocycles. The molecular weight excluding hydrogens is 200 g/mol. The van der Waals surface area contributed by atoms with Gasteiger partial charge < -0.3 is 19.3 Å². The van der Waals surface area contributed by atoms with Gasteiger partial charge in [0, 0.05) is 6.42 Å². The van der Waals surface area contributed by atoms with E-state index in [4.69, 9.17) is 14.2 Å². The topological polar surface area (TPSA) is 71.6 Å². The van der Waals surface area contributed by atoms with E-state index in [1.165, 1.54) is 0 Å². The van der Waals surface area contributed by atoms with Gasteiger partial charge in [-0.2, -0.15) is 0 Å². The average Bonchev–Trinajstić information content (AvgIpc) is 2.92. The first-order chi connectivity index (χ1) is 7.15. The average molecular weight is 214 g/mol. The number of epoxide rings is 2. The van der Waals surface area contributed by atoms with E-state index in [9.17, 15) is 9.90 Å². The van der Waals surface area contributed by atoms with E-state index in [1.54, 1.807) is 0 Å². The molecule has 0 saturated carbocycles. The molecule has 84 valence electrons. The number of aliphatic hydroxyl groups is 1. The van der Waals surface area contributed by atoms with Crippen molar-refractivity contribution in [2.45, 2.75) is 56.4 Å². The lowest BCUT2D eigenvalue weighted by Crippen LogP contribution is -2.28. The third-order valence-electron chi connectivity index (χ3n) is 3.16. The van der Waals surface area contributed by atoms with Crippen LogP contribution in [0.15, 0.2) is 0 Å². The molecule has 5 nitrogen and oxygen atoms in total. The number of aliphatic hydroxyl groups excluding tert-OH is 1. The van der Waals surface area contributed by atoms with E-state index in [1.807, 2.05) is 6.92 Å². The fourth-order valence-corrected chi connectivity index (χ4v) is 2.28. The Bertz CT molecular complexity index is 292. The van der Waals surface area contributed by atoms with Crippen molar-refractivity contribution in [2.75, 3.05) is 0 Å². The molecule has 0 radical (unpaired) electrons. The van der Waals surface area contributed by atoms with E-state index in [-0.39, 0.29) is 42.9 Å². The summed E-state index contributed by atoms with van der Waals surface area (Å²) in [7, 11) is 0. The third kappa shape index (κ3) is 1.75. The van der Waals surface area contributed by atoms with E-state index >= 15 is 0 Å². The van der Waals surface area contributed by atoms with Gasteiger partial charge in [0.1, 0.15) is 24.4 Å². The van der Waals surface area contributed by atoms with Gasteiger partial charge in [0.2, 0.25) is 0 Å². The fourth-order valence-electron chi connectivity index (χ4n) is 2.28. The second-order valence-electron chi connectivity index (χ2n) is 4.51. The van der Waals surface area contributed by atoms with Crippen LogP contribution in [-0.4, -0.2) is 47.7 Å². The first kappa shape index (κ1) is 9.57. The number of cyclic esters (lactones) is 1. The SMILES string of the molecule is C[C@@H]1C[C@@H]2O[C@@H]2[C@H]2O[C@@H]2[C@@H](O)CC(=O)O1. The van der Waals surface area contributed by atoms with Crippen molar-refractivity contribution in [2.24, 2.45) is 0 Å². The highest BCUT2D eigenvalue weighted by Gasteiger charge is 2.60. The van der Waals surface area contributed by atoms with E-state index in [0.29, 0.717) is 0 Å². The molecule has 0 aromatic rings. The summed E-state index contributed by atoms with van der Waals surface area (Å²) >= 11 is 0. The summed E-state index contributed by atoms with van der Waals surface area (Å²) in [5.41, 5.74) is 0. The van der Waals surface area contributed by atoms with Crippen molar-refractivity contribution in [3.8, 4) is 0 Å². The van der Waals surface area contributed by atoms with E-state index < -0.39 is 6.10 Å². The Morgan fingerprint density at radius 2 is 2.07 bits per heavy atom. The first-order valence-corrected chi connectivity index (χ1v) is 5.33. The summed E-state index contributed by atoms with van der Waals surface area (Å²) in [5, 5.41) is 9.65. The maximum Gasteiger partial charge on any atom is 0.308 e. The molecular formula is C10H14O5. The summed E-state index contributed by atoms with van der Waals surface area (Å²) in [6.07, 6.45) is -0.171. The Hall–Kier alpha value is -0.650. The lowest BCUT2D eigenvalue weighted by Gasteiger charge is -2.14. The van der Waals surface area contributed by atoms with Crippen LogP contribution in [0.2, 0.25) is 0 Å². The van der Waals surface area contributed by atoms with Gasteiger partial charge in [-0.05, 0) is 6.92 Å². The molecule has 3 fully saturated rings. The summed E-state index contributed by atoms with van der Waals surface area (Å²) in [6.45, 7) is 1.84. The normalized spacial score (nSPS) is 53.6. The predicted octanol–water partition coefficient (Wildman–Crippen LogP) is -0.392. The fraction of sp³-hybridized carbons (Fsp3) is 0.900. The van der Waals surface area contributed by atoms with Crippen molar-refractivity contribution in [1.82, 2.24) is 0 Å². The molecule has 3 aliphatic heterocycles. The number of hydrogen-bond acceptors (Lipinski definition) is 5. The van der Waals surface area contributed by atoms with Crippen LogP contribution in [0.3, 0.4) is 0 Å². The molecule has 0 aliphatic carbocycles. The predicted molar refractivity (Wildman–Crippen MR) is 48.1 cm³/mol. The molecule has 3 aliphatic rings. The zero-order chi connectivity index (χ0) is 10.6. The molecule has 0 aromatic carbocycles. The first-order valence-electron chi connectivity index (χ1n) is 5.33. The summed E-state index contributed by atoms with van der Waals surface area (Å²) in [5.74, 6) is -0.358. The van der Waals surface area contributed by atoms with Crippen molar-refractivity contribution in [1.29, 1.82) is 0 Å². The zero-order valence-electron chi connectivity index (χ0n) is 8.46. The van der Waals surface area contributed by atoms with Crippen molar-refractivity contribution >= 4 is 5.97 Å². The summed E-state index contributed by atoms with van der Waals surface area (Å²) < 4.78 is 15.9. The molecule has 15 heavy (non-hydrogen) atoms. The van der Waals surface area contributed by atoms with Crippen LogP contribution in [0.4, 0.5) is 0 Å². The number of rotatable bonds is 0. The zero-order valence-corrected chi connectivity index (χ0v) is 8.46. The summed E-state index contributed by atoms with van der Waals surface area (Å²) in [4.78, 5) is 11.3. The lowest BCUT2D eigenvalue weighted by molar-refractivity contribution is -0.151. The van der Waals surface area contributed by atoms with Gasteiger partial charge in [0.05, 0.1) is 18.6 Å². The maximum atomic E-state index is 11.3. The molecule has 0 unspecified atom stereocenters. The standard InChI is InChI=1S/C10H14O5/c1-4-2-6-9(14-6)10-8(15-10)5(11)3-7(12)13-4/h4-6,8-11H,2-3H2,1H3/t4-,5+,6+,8-,9+,10+/m1/s1. The van der Waals surface area contributed by atoms with Gasteiger partial charge in [0.25, 0.3) is 0 Å². The van der Waals surface area contributed by atoms with Crippen LogP contribution >= 0.6 is 0 Å². The highest BCUT2D eigenvalue weighted by Crippen LogP contribution is 2.43. The van der Waals surface area contributed by atoms with Gasteiger partial charge in [-0.15, -0.1) is 0 Å². The van der Waals surface area contributed by atoms with Gasteiger partial charge in [-0.3, -0.25) is 4.79 Å². The summed E-state index contributed by atoms with van der Waals surface area (Å²) in [6, 6.07) is 0. The molecule has 0 amide bonds. The highest BCUT2D eigenvalue weighted by atomic mass is 16.7. The number of carbonyl (C=O) groups is 1. The second-order valence-corrected chi connectivity index (χ2v) is 4.51. The molecule has 5 heteroatoms. The largest absolute Gasteiger partial charge is 0.462 e. The molecule has 0 spiro atoms. The Labute approximate surface area is 87.3 Å². The van der Waals surface area contributed by atoms with Crippen LogP contribution in [0.5, 0.6) is 0 Å². The van der Waals surface area contributed by atoms with E-state index in [0.717, 1.165) is 6.42 Å².